The Kier molecular flexibility index (Phi) is 5.08. The molecule has 0 aromatic carbocycles. The van der Waals surface area contributed by atoms with E-state index in [0.29, 0.717) is 25.9 Å². The number of likely N-dealkylation sites (tertiary alicyclic amines) is 2. The summed E-state index contributed by atoms with van der Waals surface area (Å²) in [5, 5.41) is 0. The lowest BCUT2D eigenvalue weighted by Crippen LogP contribution is -2.47. The Hall–Kier alpha value is -1.63. The molecule has 0 bridgehead atoms. The summed E-state index contributed by atoms with van der Waals surface area (Å²) in [6, 6.07) is 3.81. The molecule has 132 valence electrons. The van der Waals surface area contributed by atoms with Crippen LogP contribution >= 0.6 is 0 Å². The van der Waals surface area contributed by atoms with E-state index in [0.717, 1.165) is 18.4 Å². The fourth-order valence-corrected chi connectivity index (χ4v) is 3.84. The van der Waals surface area contributed by atoms with E-state index in [2.05, 4.69) is 4.98 Å². The summed E-state index contributed by atoms with van der Waals surface area (Å²) in [6.07, 6.45) is 2.37. The van der Waals surface area contributed by atoms with Gasteiger partial charge in [0.15, 0.2) is 0 Å². The molecular formula is C17H22F3N3O. The number of pyridine rings is 1. The Morgan fingerprint density at radius 1 is 1.25 bits per heavy atom. The number of hydrogen-bond donors (Lipinski definition) is 0. The van der Waals surface area contributed by atoms with Gasteiger partial charge in [-0.05, 0) is 43.9 Å². The zero-order chi connectivity index (χ0) is 17.2. The van der Waals surface area contributed by atoms with Crippen LogP contribution in [0.15, 0.2) is 24.5 Å². The smallest absolute Gasteiger partial charge is 0.335 e. The van der Waals surface area contributed by atoms with E-state index < -0.39 is 12.7 Å². The van der Waals surface area contributed by atoms with Gasteiger partial charge in [-0.25, -0.2) is 0 Å². The summed E-state index contributed by atoms with van der Waals surface area (Å²) in [7, 11) is 0. The third kappa shape index (κ3) is 4.06. The van der Waals surface area contributed by atoms with Gasteiger partial charge >= 0.3 is 6.18 Å². The number of alkyl halides is 3. The van der Waals surface area contributed by atoms with Gasteiger partial charge in [-0.1, -0.05) is 6.07 Å². The van der Waals surface area contributed by atoms with Gasteiger partial charge in [0, 0.05) is 25.5 Å². The molecule has 2 aliphatic heterocycles. The lowest BCUT2D eigenvalue weighted by Gasteiger charge is -2.35. The van der Waals surface area contributed by atoms with E-state index in [1.807, 2.05) is 17.0 Å². The maximum absolute atomic E-state index is 12.9. The Morgan fingerprint density at radius 2 is 2.04 bits per heavy atom. The van der Waals surface area contributed by atoms with Crippen molar-refractivity contribution in [3.05, 3.63) is 30.1 Å². The van der Waals surface area contributed by atoms with Gasteiger partial charge < -0.3 is 4.90 Å². The van der Waals surface area contributed by atoms with Crippen LogP contribution in [0.25, 0.3) is 0 Å². The van der Waals surface area contributed by atoms with Crippen molar-refractivity contribution in [3.63, 3.8) is 0 Å². The lowest BCUT2D eigenvalue weighted by molar-refractivity contribution is -0.154. The molecule has 7 heteroatoms. The SMILES string of the molecule is O=C(C1CCCN(CC(F)(F)F)C1)N1CCCC1c1cccnc1. The van der Waals surface area contributed by atoms with Crippen LogP contribution < -0.4 is 0 Å². The van der Waals surface area contributed by atoms with Crippen LogP contribution in [0.2, 0.25) is 0 Å². The molecule has 0 N–H and O–H groups in total. The second kappa shape index (κ2) is 7.09. The van der Waals surface area contributed by atoms with Crippen LogP contribution in [0.5, 0.6) is 0 Å². The van der Waals surface area contributed by atoms with Crippen molar-refractivity contribution >= 4 is 5.91 Å². The first kappa shape index (κ1) is 17.2. The zero-order valence-corrected chi connectivity index (χ0v) is 13.5. The van der Waals surface area contributed by atoms with Crippen LogP contribution in [0.4, 0.5) is 13.2 Å². The summed E-state index contributed by atoms with van der Waals surface area (Å²) in [6.45, 7) is 0.362. The first-order chi connectivity index (χ1) is 11.4. The Morgan fingerprint density at radius 3 is 2.75 bits per heavy atom. The fraction of sp³-hybridized carbons (Fsp3) is 0.647. The van der Waals surface area contributed by atoms with Crippen LogP contribution in [-0.4, -0.2) is 53.0 Å². The van der Waals surface area contributed by atoms with E-state index in [9.17, 15) is 18.0 Å². The van der Waals surface area contributed by atoms with Crippen LogP contribution in [0.3, 0.4) is 0 Å². The highest BCUT2D eigenvalue weighted by Crippen LogP contribution is 2.34. The maximum Gasteiger partial charge on any atom is 0.401 e. The number of amides is 1. The quantitative estimate of drug-likeness (QED) is 0.848. The fourth-order valence-electron chi connectivity index (χ4n) is 3.84. The molecule has 0 aliphatic carbocycles. The first-order valence-corrected chi connectivity index (χ1v) is 8.43. The van der Waals surface area contributed by atoms with Crippen molar-refractivity contribution in [2.45, 2.75) is 37.9 Å². The molecule has 2 unspecified atom stereocenters. The number of piperidine rings is 1. The van der Waals surface area contributed by atoms with E-state index in [1.165, 1.54) is 4.90 Å². The molecule has 2 fully saturated rings. The van der Waals surface area contributed by atoms with E-state index >= 15 is 0 Å². The molecule has 2 saturated heterocycles. The highest BCUT2D eigenvalue weighted by atomic mass is 19.4. The topological polar surface area (TPSA) is 36.4 Å². The van der Waals surface area contributed by atoms with Crippen LogP contribution in [0, 0.1) is 5.92 Å². The van der Waals surface area contributed by atoms with Gasteiger partial charge in [0.25, 0.3) is 0 Å². The Bertz CT molecular complexity index is 564. The molecule has 2 aliphatic rings. The van der Waals surface area contributed by atoms with Crippen molar-refractivity contribution in [2.75, 3.05) is 26.2 Å². The molecule has 3 rings (SSSR count). The molecular weight excluding hydrogens is 319 g/mol. The van der Waals surface area contributed by atoms with Crippen molar-refractivity contribution in [2.24, 2.45) is 5.92 Å². The number of nitrogens with zero attached hydrogens (tertiary/aromatic N) is 3. The molecule has 1 amide bonds. The molecule has 1 aromatic rings. The summed E-state index contributed by atoms with van der Waals surface area (Å²) in [5.74, 6) is -0.341. The molecule has 4 nitrogen and oxygen atoms in total. The van der Waals surface area contributed by atoms with Gasteiger partial charge in [0.05, 0.1) is 18.5 Å². The average Bonchev–Trinajstić information content (AvgIpc) is 3.03. The number of aromatic nitrogens is 1. The summed E-state index contributed by atoms with van der Waals surface area (Å²) in [4.78, 5) is 20.2. The third-order valence-corrected chi connectivity index (χ3v) is 4.86. The molecule has 0 spiro atoms. The second-order valence-corrected chi connectivity index (χ2v) is 6.67. The van der Waals surface area contributed by atoms with Crippen molar-refractivity contribution < 1.29 is 18.0 Å². The largest absolute Gasteiger partial charge is 0.401 e. The van der Waals surface area contributed by atoms with Crippen molar-refractivity contribution in [1.29, 1.82) is 0 Å². The number of carbonyl (C=O) groups excluding carboxylic acids is 1. The number of rotatable bonds is 3. The zero-order valence-electron chi connectivity index (χ0n) is 13.5. The van der Waals surface area contributed by atoms with Crippen LogP contribution in [0.1, 0.15) is 37.3 Å². The van der Waals surface area contributed by atoms with Gasteiger partial charge in [-0.2, -0.15) is 13.2 Å². The van der Waals surface area contributed by atoms with E-state index in [4.69, 9.17) is 0 Å². The number of carbonyl (C=O) groups is 1. The van der Waals surface area contributed by atoms with Crippen molar-refractivity contribution in [1.82, 2.24) is 14.8 Å². The molecule has 1 aromatic heterocycles. The normalized spacial score (nSPS) is 25.9. The second-order valence-electron chi connectivity index (χ2n) is 6.67. The highest BCUT2D eigenvalue weighted by molar-refractivity contribution is 5.80. The minimum absolute atomic E-state index is 0.00388. The standard InChI is InChI=1S/C17H22F3N3O/c18-17(19,20)12-22-8-2-5-14(11-22)16(24)23-9-3-6-15(23)13-4-1-7-21-10-13/h1,4,7,10,14-15H,2-3,5-6,8-9,11-12H2. The third-order valence-electron chi connectivity index (χ3n) is 4.86. The van der Waals surface area contributed by atoms with Crippen molar-refractivity contribution in [3.8, 4) is 0 Å². The van der Waals surface area contributed by atoms with Gasteiger partial charge in [0.2, 0.25) is 5.91 Å². The monoisotopic (exact) mass is 341 g/mol. The molecule has 0 saturated carbocycles. The molecule has 0 radical (unpaired) electrons. The molecule has 3 heterocycles. The van der Waals surface area contributed by atoms with Gasteiger partial charge in [-0.3, -0.25) is 14.7 Å². The summed E-state index contributed by atoms with van der Waals surface area (Å²) < 4.78 is 37.8. The predicted molar refractivity (Wildman–Crippen MR) is 83.1 cm³/mol. The summed E-state index contributed by atoms with van der Waals surface area (Å²) >= 11 is 0. The number of hydrogen-bond acceptors (Lipinski definition) is 3. The van der Waals surface area contributed by atoms with Crippen LogP contribution in [-0.2, 0) is 4.79 Å². The molecule has 24 heavy (non-hydrogen) atoms. The Balaban J connectivity index is 1.67. The number of halogens is 3. The summed E-state index contributed by atoms with van der Waals surface area (Å²) in [5.41, 5.74) is 1.01. The maximum atomic E-state index is 12.9. The Labute approximate surface area is 139 Å². The predicted octanol–water partition coefficient (Wildman–Crippen LogP) is 3.02. The van der Waals surface area contributed by atoms with E-state index in [-0.39, 0.29) is 24.4 Å². The minimum atomic E-state index is -4.21. The van der Waals surface area contributed by atoms with Gasteiger partial charge in [0.1, 0.15) is 0 Å². The first-order valence-electron chi connectivity index (χ1n) is 8.43. The minimum Gasteiger partial charge on any atom is -0.335 e. The average molecular weight is 341 g/mol. The lowest BCUT2D eigenvalue weighted by atomic mass is 9.95. The van der Waals surface area contributed by atoms with E-state index in [1.54, 1.807) is 12.4 Å². The molecule has 2 atom stereocenters. The highest BCUT2D eigenvalue weighted by Gasteiger charge is 2.38. The van der Waals surface area contributed by atoms with Gasteiger partial charge in [-0.15, -0.1) is 0 Å².